The fourth-order valence-electron chi connectivity index (χ4n) is 1.34. The molecule has 3 atom stereocenters. The Morgan fingerprint density at radius 2 is 2.46 bits per heavy atom. The molecule has 1 aliphatic heterocycles. The van der Waals surface area contributed by atoms with E-state index in [0.717, 1.165) is 0 Å². The van der Waals surface area contributed by atoms with Gasteiger partial charge in [-0.3, -0.25) is 0 Å². The van der Waals surface area contributed by atoms with Gasteiger partial charge in [0.05, 0.1) is 12.7 Å². The van der Waals surface area contributed by atoms with Gasteiger partial charge in [0, 0.05) is 6.42 Å². The lowest BCUT2D eigenvalue weighted by Gasteiger charge is -2.10. The zero-order chi connectivity index (χ0) is 9.26. The predicted molar refractivity (Wildman–Crippen MR) is 39.4 cm³/mol. The molecule has 13 heavy (non-hydrogen) atoms. The molecule has 2 N–H and O–H groups in total. The SMILES string of the molecule is OC[C@H]1O[C@@H](n2cnnn2)C[C@@H]1O. The number of hydrogen-bond acceptors (Lipinski definition) is 6. The average molecular weight is 186 g/mol. The van der Waals surface area contributed by atoms with Gasteiger partial charge in [0.2, 0.25) is 0 Å². The smallest absolute Gasteiger partial charge is 0.156 e. The molecule has 0 spiro atoms. The zero-order valence-corrected chi connectivity index (χ0v) is 6.82. The third kappa shape index (κ3) is 1.53. The van der Waals surface area contributed by atoms with Gasteiger partial charge in [0.15, 0.2) is 6.23 Å². The van der Waals surface area contributed by atoms with Crippen molar-refractivity contribution >= 4 is 0 Å². The Kier molecular flexibility index (Phi) is 2.21. The highest BCUT2D eigenvalue weighted by Gasteiger charge is 2.34. The minimum atomic E-state index is -0.654. The molecule has 1 fully saturated rings. The molecule has 7 heteroatoms. The highest BCUT2D eigenvalue weighted by molar-refractivity contribution is 4.79. The maximum atomic E-state index is 9.39. The van der Waals surface area contributed by atoms with Crippen LogP contribution in [0.5, 0.6) is 0 Å². The van der Waals surface area contributed by atoms with Crippen LogP contribution in [0.3, 0.4) is 0 Å². The van der Waals surface area contributed by atoms with E-state index in [9.17, 15) is 5.11 Å². The summed E-state index contributed by atoms with van der Waals surface area (Å²) >= 11 is 0. The van der Waals surface area contributed by atoms with Gasteiger partial charge in [-0.05, 0) is 10.4 Å². The first-order chi connectivity index (χ1) is 6.31. The van der Waals surface area contributed by atoms with Crippen LogP contribution in [0.4, 0.5) is 0 Å². The summed E-state index contributed by atoms with van der Waals surface area (Å²) in [6, 6.07) is 0. The standard InChI is InChI=1S/C6H10N4O3/c11-2-5-4(12)1-6(13-5)10-3-7-8-9-10/h3-6,11-12H,1-2H2/t4-,5+,6+/m0/s1. The van der Waals surface area contributed by atoms with E-state index in [1.807, 2.05) is 0 Å². The van der Waals surface area contributed by atoms with E-state index in [1.54, 1.807) is 0 Å². The van der Waals surface area contributed by atoms with Crippen molar-refractivity contribution in [2.75, 3.05) is 6.61 Å². The van der Waals surface area contributed by atoms with E-state index in [1.165, 1.54) is 11.0 Å². The number of nitrogens with zero attached hydrogens (tertiary/aromatic N) is 4. The van der Waals surface area contributed by atoms with Crippen molar-refractivity contribution in [1.29, 1.82) is 0 Å². The van der Waals surface area contributed by atoms with Crippen LogP contribution in [0.15, 0.2) is 6.33 Å². The third-order valence-corrected chi connectivity index (χ3v) is 2.04. The summed E-state index contributed by atoms with van der Waals surface area (Å²) in [6.07, 6.45) is 0.253. The number of rotatable bonds is 2. The van der Waals surface area contributed by atoms with Gasteiger partial charge in [0.25, 0.3) is 0 Å². The van der Waals surface area contributed by atoms with Crippen LogP contribution in [0.2, 0.25) is 0 Å². The molecule has 0 aromatic carbocycles. The van der Waals surface area contributed by atoms with E-state index < -0.39 is 12.2 Å². The number of aliphatic hydroxyl groups is 2. The second kappa shape index (κ2) is 3.36. The van der Waals surface area contributed by atoms with Crippen LogP contribution >= 0.6 is 0 Å². The summed E-state index contributed by atoms with van der Waals surface area (Å²) in [5.74, 6) is 0. The molecular weight excluding hydrogens is 176 g/mol. The number of ether oxygens (including phenoxy) is 1. The molecule has 0 bridgehead atoms. The second-order valence-electron chi connectivity index (χ2n) is 2.90. The van der Waals surface area contributed by atoms with E-state index >= 15 is 0 Å². The maximum absolute atomic E-state index is 9.39. The summed E-state index contributed by atoms with van der Waals surface area (Å²) in [5, 5.41) is 28.7. The molecule has 2 rings (SSSR count). The van der Waals surface area contributed by atoms with Crippen molar-refractivity contribution in [2.45, 2.75) is 24.9 Å². The molecule has 1 saturated heterocycles. The molecule has 1 aromatic heterocycles. The van der Waals surface area contributed by atoms with Crippen LogP contribution in [0, 0.1) is 0 Å². The zero-order valence-electron chi connectivity index (χ0n) is 6.82. The van der Waals surface area contributed by atoms with E-state index in [2.05, 4.69) is 15.5 Å². The first-order valence-electron chi connectivity index (χ1n) is 3.98. The topological polar surface area (TPSA) is 93.3 Å². The normalized spacial score (nSPS) is 33.8. The summed E-state index contributed by atoms with van der Waals surface area (Å²) in [7, 11) is 0. The first kappa shape index (κ1) is 8.54. The number of hydrogen-bond donors (Lipinski definition) is 2. The molecular formula is C6H10N4O3. The third-order valence-electron chi connectivity index (χ3n) is 2.04. The molecule has 2 heterocycles. The summed E-state index contributed by atoms with van der Waals surface area (Å²) in [6.45, 7) is -0.195. The van der Waals surface area contributed by atoms with Crippen LogP contribution in [-0.4, -0.2) is 49.2 Å². The Hall–Kier alpha value is -1.05. The van der Waals surface area contributed by atoms with Crippen molar-refractivity contribution in [3.63, 3.8) is 0 Å². The lowest BCUT2D eigenvalue weighted by atomic mass is 10.2. The van der Waals surface area contributed by atoms with Crippen molar-refractivity contribution in [3.8, 4) is 0 Å². The molecule has 0 radical (unpaired) electrons. The van der Waals surface area contributed by atoms with Gasteiger partial charge in [0.1, 0.15) is 12.4 Å². The Balaban J connectivity index is 2.05. The Labute approximate surface area is 73.9 Å². The summed E-state index contributed by atoms with van der Waals surface area (Å²) < 4.78 is 6.70. The minimum Gasteiger partial charge on any atom is -0.394 e. The molecule has 0 amide bonds. The fourth-order valence-corrected chi connectivity index (χ4v) is 1.34. The van der Waals surface area contributed by atoms with Crippen molar-refractivity contribution in [2.24, 2.45) is 0 Å². The second-order valence-corrected chi connectivity index (χ2v) is 2.90. The summed E-state index contributed by atoms with van der Waals surface area (Å²) in [4.78, 5) is 0. The van der Waals surface area contributed by atoms with Crippen LogP contribution in [-0.2, 0) is 4.74 Å². The molecule has 7 nitrogen and oxygen atoms in total. The van der Waals surface area contributed by atoms with Crippen LogP contribution in [0.25, 0.3) is 0 Å². The van der Waals surface area contributed by atoms with Gasteiger partial charge in [-0.15, -0.1) is 5.10 Å². The van der Waals surface area contributed by atoms with E-state index in [4.69, 9.17) is 9.84 Å². The predicted octanol–water partition coefficient (Wildman–Crippen LogP) is -1.69. The Bertz CT molecular complexity index is 265. The minimum absolute atomic E-state index is 0.195. The van der Waals surface area contributed by atoms with E-state index in [-0.39, 0.29) is 12.8 Å². The van der Waals surface area contributed by atoms with Crippen LogP contribution in [0.1, 0.15) is 12.6 Å². The molecule has 1 aromatic rings. The Morgan fingerprint density at radius 1 is 1.62 bits per heavy atom. The molecule has 0 unspecified atom stereocenters. The molecule has 72 valence electrons. The number of aromatic nitrogens is 4. The van der Waals surface area contributed by atoms with Crippen LogP contribution < -0.4 is 0 Å². The lowest BCUT2D eigenvalue weighted by Crippen LogP contribution is -2.24. The van der Waals surface area contributed by atoms with Gasteiger partial charge in [-0.25, -0.2) is 4.68 Å². The molecule has 1 aliphatic rings. The van der Waals surface area contributed by atoms with Gasteiger partial charge in [-0.1, -0.05) is 0 Å². The number of tetrazole rings is 1. The highest BCUT2D eigenvalue weighted by atomic mass is 16.5. The van der Waals surface area contributed by atoms with Crippen molar-refractivity contribution < 1.29 is 14.9 Å². The average Bonchev–Trinajstić information content (AvgIpc) is 2.71. The fraction of sp³-hybridized carbons (Fsp3) is 0.833. The molecule has 0 aliphatic carbocycles. The van der Waals surface area contributed by atoms with Crippen molar-refractivity contribution in [1.82, 2.24) is 20.2 Å². The highest BCUT2D eigenvalue weighted by Crippen LogP contribution is 2.26. The van der Waals surface area contributed by atoms with Gasteiger partial charge in [-0.2, -0.15) is 0 Å². The monoisotopic (exact) mass is 186 g/mol. The first-order valence-corrected chi connectivity index (χ1v) is 3.98. The molecule has 0 saturated carbocycles. The summed E-state index contributed by atoms with van der Waals surface area (Å²) in [5.41, 5.74) is 0. The maximum Gasteiger partial charge on any atom is 0.156 e. The van der Waals surface area contributed by atoms with Crippen molar-refractivity contribution in [3.05, 3.63) is 6.33 Å². The van der Waals surface area contributed by atoms with Gasteiger partial charge >= 0.3 is 0 Å². The quantitative estimate of drug-likeness (QED) is 0.572. The van der Waals surface area contributed by atoms with E-state index in [0.29, 0.717) is 6.42 Å². The number of aliphatic hydroxyl groups excluding tert-OH is 2. The lowest BCUT2D eigenvalue weighted by molar-refractivity contribution is -0.0490. The largest absolute Gasteiger partial charge is 0.394 e. The Morgan fingerprint density at radius 3 is 3.00 bits per heavy atom. The van der Waals surface area contributed by atoms with Gasteiger partial charge < -0.3 is 14.9 Å².